The Bertz CT molecular complexity index is 1250. The van der Waals surface area contributed by atoms with Crippen LogP contribution >= 0.6 is 11.6 Å². The minimum Gasteiger partial charge on any atom is -0.482 e. The number of amides is 1. The predicted octanol–water partition coefficient (Wildman–Crippen LogP) is 4.33. The van der Waals surface area contributed by atoms with Gasteiger partial charge >= 0.3 is 12.1 Å². The van der Waals surface area contributed by atoms with Crippen LogP contribution in [0.2, 0.25) is 5.02 Å². The summed E-state index contributed by atoms with van der Waals surface area (Å²) in [6.45, 7) is 1.06. The first kappa shape index (κ1) is 23.5. The molecule has 0 aliphatic carbocycles. The van der Waals surface area contributed by atoms with Crippen LogP contribution in [0, 0.1) is 18.6 Å². The Balaban J connectivity index is 1.75. The standard InChI is InChI=1S/C23H20ClF2N3O5/c1-13-9-27-28(10-13)12-34-23(32)29-7-6-15-16(3-4-18(25)21(15)26)22(29)17-8-14(24)2-5-19(17)33-11-20(30)31/h2-5,8-10,22H,6-7,11-12H2,1H3,(H,30,31)/t22-/m0/s1. The Morgan fingerprint density at radius 2 is 2.03 bits per heavy atom. The SMILES string of the molecule is Cc1cnn(COC(=O)N2CCc3c(ccc(F)c3F)[C@H]2c2cc(Cl)ccc2OCC(=O)O)c1. The van der Waals surface area contributed by atoms with Gasteiger partial charge < -0.3 is 14.6 Å². The summed E-state index contributed by atoms with van der Waals surface area (Å²) < 4.78 is 40.9. The Morgan fingerprint density at radius 1 is 1.24 bits per heavy atom. The molecule has 1 amide bonds. The molecule has 2 heterocycles. The van der Waals surface area contributed by atoms with E-state index in [1.807, 2.05) is 6.92 Å². The largest absolute Gasteiger partial charge is 0.482 e. The Morgan fingerprint density at radius 3 is 2.74 bits per heavy atom. The van der Waals surface area contributed by atoms with Gasteiger partial charge in [0.2, 0.25) is 0 Å². The molecule has 0 saturated heterocycles. The summed E-state index contributed by atoms with van der Waals surface area (Å²) in [7, 11) is 0. The van der Waals surface area contributed by atoms with Gasteiger partial charge in [0.05, 0.1) is 12.2 Å². The highest BCUT2D eigenvalue weighted by Gasteiger charge is 2.37. The molecule has 4 rings (SSSR count). The summed E-state index contributed by atoms with van der Waals surface area (Å²) in [6, 6.07) is 5.86. The quantitative estimate of drug-likeness (QED) is 0.551. The molecule has 1 aliphatic rings. The van der Waals surface area contributed by atoms with Crippen molar-refractivity contribution < 1.29 is 33.0 Å². The second kappa shape index (κ2) is 9.68. The van der Waals surface area contributed by atoms with Crippen molar-refractivity contribution in [3.63, 3.8) is 0 Å². The molecular formula is C23H20ClF2N3O5. The van der Waals surface area contributed by atoms with E-state index in [-0.39, 0.29) is 36.0 Å². The minimum absolute atomic E-state index is 0.0138. The molecule has 8 nitrogen and oxygen atoms in total. The number of carbonyl (C=O) groups excluding carboxylic acids is 1. The van der Waals surface area contributed by atoms with Crippen LogP contribution in [0.4, 0.5) is 13.6 Å². The highest BCUT2D eigenvalue weighted by Crippen LogP contribution is 2.41. The monoisotopic (exact) mass is 491 g/mol. The molecule has 1 atom stereocenters. The number of rotatable bonds is 6. The maximum Gasteiger partial charge on any atom is 0.412 e. The van der Waals surface area contributed by atoms with E-state index in [1.54, 1.807) is 12.4 Å². The first-order valence-corrected chi connectivity index (χ1v) is 10.7. The number of hydrogen-bond acceptors (Lipinski definition) is 5. The number of ether oxygens (including phenoxy) is 2. The molecule has 0 radical (unpaired) electrons. The molecule has 3 aromatic rings. The molecule has 34 heavy (non-hydrogen) atoms. The third kappa shape index (κ3) is 4.81. The fourth-order valence-electron chi connectivity index (χ4n) is 3.92. The molecule has 2 aromatic carbocycles. The fraction of sp³-hybridized carbons (Fsp3) is 0.261. The van der Waals surface area contributed by atoms with Crippen LogP contribution < -0.4 is 4.74 Å². The number of halogens is 3. The summed E-state index contributed by atoms with van der Waals surface area (Å²) in [4.78, 5) is 25.5. The smallest absolute Gasteiger partial charge is 0.412 e. The molecule has 1 N–H and O–H groups in total. The maximum absolute atomic E-state index is 14.6. The van der Waals surface area contributed by atoms with Gasteiger partial charge in [0.1, 0.15) is 5.75 Å². The van der Waals surface area contributed by atoms with Crippen LogP contribution in [-0.2, 0) is 22.7 Å². The number of nitrogens with zero attached hydrogens (tertiary/aromatic N) is 3. The molecule has 0 unspecified atom stereocenters. The van der Waals surface area contributed by atoms with Gasteiger partial charge in [-0.2, -0.15) is 5.10 Å². The summed E-state index contributed by atoms with van der Waals surface area (Å²) in [6.07, 6.45) is 2.64. The fourth-order valence-corrected chi connectivity index (χ4v) is 4.11. The second-order valence-electron chi connectivity index (χ2n) is 7.74. The molecule has 178 valence electrons. The normalized spacial score (nSPS) is 15.1. The van der Waals surface area contributed by atoms with Crippen LogP contribution in [-0.4, -0.2) is 45.0 Å². The van der Waals surface area contributed by atoms with Gasteiger partial charge in [-0.05, 0) is 54.3 Å². The van der Waals surface area contributed by atoms with Gasteiger partial charge in [0.25, 0.3) is 0 Å². The molecule has 0 fully saturated rings. The third-order valence-electron chi connectivity index (χ3n) is 5.38. The van der Waals surface area contributed by atoms with Crippen molar-refractivity contribution in [3.05, 3.63) is 81.6 Å². The Labute approximate surface area is 198 Å². The van der Waals surface area contributed by atoms with Crippen LogP contribution in [0.1, 0.15) is 28.3 Å². The number of fused-ring (bicyclic) bond motifs is 1. The number of aryl methyl sites for hydroxylation is 1. The van der Waals surface area contributed by atoms with Crippen molar-refractivity contribution in [2.75, 3.05) is 13.2 Å². The molecule has 0 spiro atoms. The lowest BCUT2D eigenvalue weighted by Crippen LogP contribution is -2.41. The molecule has 0 saturated carbocycles. The van der Waals surface area contributed by atoms with E-state index in [1.165, 1.54) is 33.8 Å². The molecule has 0 bridgehead atoms. The van der Waals surface area contributed by atoms with Crippen molar-refractivity contribution in [2.24, 2.45) is 0 Å². The molecule has 11 heteroatoms. The molecule has 1 aromatic heterocycles. The van der Waals surface area contributed by atoms with Gasteiger partial charge in [-0.15, -0.1) is 0 Å². The van der Waals surface area contributed by atoms with Crippen molar-refractivity contribution in [1.82, 2.24) is 14.7 Å². The topological polar surface area (TPSA) is 93.9 Å². The van der Waals surface area contributed by atoms with E-state index in [2.05, 4.69) is 5.10 Å². The Hall–Kier alpha value is -3.66. The van der Waals surface area contributed by atoms with E-state index in [0.29, 0.717) is 11.1 Å². The molecule has 1 aliphatic heterocycles. The number of aromatic nitrogens is 2. The van der Waals surface area contributed by atoms with Crippen LogP contribution in [0.25, 0.3) is 0 Å². The highest BCUT2D eigenvalue weighted by molar-refractivity contribution is 6.30. The van der Waals surface area contributed by atoms with Gasteiger partial charge in [-0.3, -0.25) is 4.90 Å². The number of hydrogen-bond donors (Lipinski definition) is 1. The van der Waals surface area contributed by atoms with Crippen molar-refractivity contribution in [1.29, 1.82) is 0 Å². The van der Waals surface area contributed by atoms with Gasteiger partial charge in [-0.25, -0.2) is 23.1 Å². The first-order valence-electron chi connectivity index (χ1n) is 10.3. The Kier molecular flexibility index (Phi) is 6.69. The third-order valence-corrected chi connectivity index (χ3v) is 5.61. The first-order chi connectivity index (χ1) is 16.2. The number of aliphatic carboxylic acids is 1. The van der Waals surface area contributed by atoms with Crippen LogP contribution in [0.15, 0.2) is 42.7 Å². The maximum atomic E-state index is 14.6. The zero-order valence-electron chi connectivity index (χ0n) is 18.0. The molecular weight excluding hydrogens is 472 g/mol. The van der Waals surface area contributed by atoms with Gasteiger partial charge in [-0.1, -0.05) is 17.7 Å². The summed E-state index contributed by atoms with van der Waals surface area (Å²) >= 11 is 6.20. The summed E-state index contributed by atoms with van der Waals surface area (Å²) in [5, 5.41) is 13.4. The van der Waals surface area contributed by atoms with Gasteiger partial charge in [0.15, 0.2) is 25.0 Å². The lowest BCUT2D eigenvalue weighted by atomic mass is 9.87. The lowest BCUT2D eigenvalue weighted by molar-refractivity contribution is -0.139. The van der Waals surface area contributed by atoms with E-state index in [0.717, 1.165) is 11.6 Å². The average molecular weight is 492 g/mol. The predicted molar refractivity (Wildman–Crippen MR) is 117 cm³/mol. The van der Waals surface area contributed by atoms with Crippen molar-refractivity contribution in [2.45, 2.75) is 26.1 Å². The summed E-state index contributed by atoms with van der Waals surface area (Å²) in [5.74, 6) is -3.08. The van der Waals surface area contributed by atoms with E-state index < -0.39 is 36.3 Å². The minimum atomic E-state index is -1.20. The lowest BCUT2D eigenvalue weighted by Gasteiger charge is -2.37. The number of carbonyl (C=O) groups is 2. The zero-order chi connectivity index (χ0) is 24.4. The van der Waals surface area contributed by atoms with Crippen molar-refractivity contribution >= 4 is 23.7 Å². The van der Waals surface area contributed by atoms with E-state index >= 15 is 0 Å². The van der Waals surface area contributed by atoms with E-state index in [4.69, 9.17) is 26.2 Å². The average Bonchev–Trinajstić information content (AvgIpc) is 3.23. The van der Waals surface area contributed by atoms with Crippen LogP contribution in [0.3, 0.4) is 0 Å². The zero-order valence-corrected chi connectivity index (χ0v) is 18.8. The van der Waals surface area contributed by atoms with E-state index in [9.17, 15) is 18.4 Å². The van der Waals surface area contributed by atoms with Gasteiger partial charge in [0, 0.05) is 23.3 Å². The number of carboxylic acid groups (broad SMARTS) is 1. The van der Waals surface area contributed by atoms with Crippen molar-refractivity contribution in [3.8, 4) is 5.75 Å². The number of benzene rings is 2. The highest BCUT2D eigenvalue weighted by atomic mass is 35.5. The second-order valence-corrected chi connectivity index (χ2v) is 8.17. The number of carboxylic acids is 1. The van der Waals surface area contributed by atoms with Crippen LogP contribution in [0.5, 0.6) is 5.75 Å². The summed E-state index contributed by atoms with van der Waals surface area (Å²) in [5.41, 5.74) is 1.63.